The Labute approximate surface area is 150 Å². The largest absolute Gasteiger partial charge is 0.369 e. The number of aromatic nitrogens is 1. The van der Waals surface area contributed by atoms with E-state index in [4.69, 9.17) is 27.7 Å². The summed E-state index contributed by atoms with van der Waals surface area (Å²) in [6.45, 7) is 3.02. The van der Waals surface area contributed by atoms with Crippen molar-refractivity contribution in [1.29, 1.82) is 0 Å². The van der Waals surface area contributed by atoms with E-state index in [1.807, 2.05) is 11.0 Å². The van der Waals surface area contributed by atoms with Gasteiger partial charge in [0.25, 0.3) is 0 Å². The zero-order chi connectivity index (χ0) is 17.3. The predicted octanol–water partition coefficient (Wildman–Crippen LogP) is 2.99. The Morgan fingerprint density at radius 2 is 2.17 bits per heavy atom. The minimum Gasteiger partial charge on any atom is -0.369 e. The van der Waals surface area contributed by atoms with Gasteiger partial charge in [-0.1, -0.05) is 28.4 Å². The van der Waals surface area contributed by atoms with Gasteiger partial charge in [-0.05, 0) is 31.5 Å². The summed E-state index contributed by atoms with van der Waals surface area (Å²) in [7, 11) is -3.49. The molecule has 1 aliphatic rings. The van der Waals surface area contributed by atoms with E-state index < -0.39 is 10.0 Å². The number of hydrogen-bond donors (Lipinski definition) is 1. The molecule has 1 unspecified atom stereocenters. The summed E-state index contributed by atoms with van der Waals surface area (Å²) in [5.41, 5.74) is 1.51. The second-order valence-electron chi connectivity index (χ2n) is 5.84. The molecule has 3 rings (SSSR count). The van der Waals surface area contributed by atoms with E-state index in [1.165, 1.54) is 0 Å². The summed E-state index contributed by atoms with van der Waals surface area (Å²) < 4.78 is 32.2. The first-order valence-electron chi connectivity index (χ1n) is 7.44. The molecule has 0 radical (unpaired) electrons. The second kappa shape index (κ2) is 6.92. The lowest BCUT2D eigenvalue weighted by Crippen LogP contribution is -2.37. The lowest BCUT2D eigenvalue weighted by molar-refractivity contribution is 0.388. The van der Waals surface area contributed by atoms with E-state index in [0.29, 0.717) is 34.5 Å². The number of nitrogens with zero attached hydrogens (tertiary/aromatic N) is 2. The van der Waals surface area contributed by atoms with Crippen LogP contribution in [0.15, 0.2) is 28.8 Å². The number of nitrogens with one attached hydrogen (secondary N) is 1. The first-order valence-corrected chi connectivity index (χ1v) is 9.85. The number of halogens is 2. The lowest BCUT2D eigenvalue weighted by atomic mass is 10.3. The van der Waals surface area contributed by atoms with Crippen molar-refractivity contribution in [3.63, 3.8) is 0 Å². The van der Waals surface area contributed by atoms with Crippen LogP contribution in [0.4, 0.5) is 5.69 Å². The van der Waals surface area contributed by atoms with Gasteiger partial charge >= 0.3 is 0 Å². The van der Waals surface area contributed by atoms with Gasteiger partial charge in [-0.2, -0.15) is 0 Å². The van der Waals surface area contributed by atoms with Gasteiger partial charge in [0, 0.05) is 30.2 Å². The summed E-state index contributed by atoms with van der Waals surface area (Å²) >= 11 is 12.1. The molecule has 1 aromatic heterocycles. The molecule has 1 N–H and O–H groups in total. The maximum atomic E-state index is 12.3. The summed E-state index contributed by atoms with van der Waals surface area (Å²) in [6, 6.07) is 6.74. The second-order valence-corrected chi connectivity index (χ2v) is 8.44. The van der Waals surface area contributed by atoms with Crippen molar-refractivity contribution in [3.8, 4) is 0 Å². The van der Waals surface area contributed by atoms with Crippen LogP contribution < -0.4 is 9.62 Å². The monoisotopic (exact) mass is 389 g/mol. The molecule has 1 atom stereocenters. The quantitative estimate of drug-likeness (QED) is 0.850. The van der Waals surface area contributed by atoms with Gasteiger partial charge in [-0.15, -0.1) is 0 Å². The zero-order valence-corrected chi connectivity index (χ0v) is 15.3. The third kappa shape index (κ3) is 4.22. The molecule has 2 heterocycles. The molecule has 0 bridgehead atoms. The molecule has 130 valence electrons. The molecule has 24 heavy (non-hydrogen) atoms. The standard InChI is InChI=1S/C15H17Cl2N3O3S/c1-10-6-13(23-18-10)9-24(21,22)19-12-4-5-20(8-12)15-3-2-11(16)7-14(15)17/h2-3,6-7,12,19H,4-5,8-9H2,1H3. The maximum absolute atomic E-state index is 12.3. The van der Waals surface area contributed by atoms with Crippen LogP contribution in [0, 0.1) is 6.92 Å². The van der Waals surface area contributed by atoms with E-state index in [0.717, 1.165) is 12.2 Å². The highest BCUT2D eigenvalue weighted by Gasteiger charge is 2.28. The van der Waals surface area contributed by atoms with E-state index in [9.17, 15) is 8.42 Å². The molecule has 0 aliphatic carbocycles. The number of rotatable bonds is 5. The Morgan fingerprint density at radius 1 is 1.38 bits per heavy atom. The molecular formula is C15H17Cl2N3O3S. The van der Waals surface area contributed by atoms with Crippen molar-refractivity contribution in [2.24, 2.45) is 0 Å². The Balaban J connectivity index is 1.63. The van der Waals surface area contributed by atoms with Gasteiger partial charge in [0.05, 0.1) is 16.4 Å². The number of hydrogen-bond acceptors (Lipinski definition) is 5. The van der Waals surface area contributed by atoms with Gasteiger partial charge in [-0.25, -0.2) is 13.1 Å². The van der Waals surface area contributed by atoms with Crippen molar-refractivity contribution < 1.29 is 12.9 Å². The molecule has 1 fully saturated rings. The highest BCUT2D eigenvalue weighted by atomic mass is 35.5. The molecule has 6 nitrogen and oxygen atoms in total. The first-order chi connectivity index (χ1) is 11.3. The van der Waals surface area contributed by atoms with Crippen LogP contribution in [-0.2, 0) is 15.8 Å². The summed E-state index contributed by atoms with van der Waals surface area (Å²) in [5, 5.41) is 4.83. The van der Waals surface area contributed by atoms with Crippen molar-refractivity contribution in [2.75, 3.05) is 18.0 Å². The van der Waals surface area contributed by atoms with Crippen LogP contribution in [0.2, 0.25) is 10.0 Å². The van der Waals surface area contributed by atoms with Crippen LogP contribution in [-0.4, -0.2) is 32.7 Å². The van der Waals surface area contributed by atoms with Crippen LogP contribution in [0.25, 0.3) is 0 Å². The van der Waals surface area contributed by atoms with Gasteiger partial charge in [0.15, 0.2) is 5.76 Å². The topological polar surface area (TPSA) is 75.4 Å². The van der Waals surface area contributed by atoms with Crippen molar-refractivity contribution >= 4 is 38.9 Å². The number of benzene rings is 1. The highest BCUT2D eigenvalue weighted by molar-refractivity contribution is 7.88. The van der Waals surface area contributed by atoms with Crippen LogP contribution in [0.3, 0.4) is 0 Å². The third-order valence-electron chi connectivity index (χ3n) is 3.79. The highest BCUT2D eigenvalue weighted by Crippen LogP contribution is 2.31. The van der Waals surface area contributed by atoms with E-state index >= 15 is 0 Å². The molecule has 0 spiro atoms. The van der Waals surface area contributed by atoms with Crippen molar-refractivity contribution in [2.45, 2.75) is 25.1 Å². The fourth-order valence-electron chi connectivity index (χ4n) is 2.78. The average molecular weight is 390 g/mol. The fourth-order valence-corrected chi connectivity index (χ4v) is 4.60. The van der Waals surface area contributed by atoms with Crippen LogP contribution in [0.1, 0.15) is 17.9 Å². The fraction of sp³-hybridized carbons (Fsp3) is 0.400. The predicted molar refractivity (Wildman–Crippen MR) is 94.1 cm³/mol. The zero-order valence-electron chi connectivity index (χ0n) is 13.0. The SMILES string of the molecule is Cc1cc(CS(=O)(=O)NC2CCN(c3ccc(Cl)cc3Cl)C2)on1. The number of sulfonamides is 1. The van der Waals surface area contributed by atoms with Gasteiger partial charge < -0.3 is 9.42 Å². The Hall–Kier alpha value is -1.28. The smallest absolute Gasteiger partial charge is 0.219 e. The Bertz CT molecular complexity index is 838. The minimum atomic E-state index is -3.49. The average Bonchev–Trinajstić information content (AvgIpc) is 3.07. The number of anilines is 1. The van der Waals surface area contributed by atoms with Gasteiger partial charge in [0.1, 0.15) is 5.75 Å². The van der Waals surface area contributed by atoms with E-state index in [-0.39, 0.29) is 11.8 Å². The first kappa shape index (κ1) is 17.5. The van der Waals surface area contributed by atoms with Crippen molar-refractivity contribution in [3.05, 3.63) is 45.8 Å². The van der Waals surface area contributed by atoms with Crippen molar-refractivity contribution in [1.82, 2.24) is 9.88 Å². The lowest BCUT2D eigenvalue weighted by Gasteiger charge is -2.20. The molecule has 1 aromatic carbocycles. The molecule has 2 aromatic rings. The summed E-state index contributed by atoms with van der Waals surface area (Å²) in [4.78, 5) is 2.05. The van der Waals surface area contributed by atoms with Crippen LogP contribution in [0.5, 0.6) is 0 Å². The molecule has 0 saturated carbocycles. The van der Waals surface area contributed by atoms with E-state index in [1.54, 1.807) is 25.1 Å². The molecule has 1 saturated heterocycles. The normalized spacial score (nSPS) is 18.3. The number of aryl methyl sites for hydroxylation is 1. The van der Waals surface area contributed by atoms with Gasteiger partial charge in [0.2, 0.25) is 10.0 Å². The minimum absolute atomic E-state index is 0.175. The molecular weight excluding hydrogens is 373 g/mol. The molecule has 1 aliphatic heterocycles. The third-order valence-corrected chi connectivity index (χ3v) is 5.69. The Kier molecular flexibility index (Phi) is 5.05. The van der Waals surface area contributed by atoms with Gasteiger partial charge in [-0.3, -0.25) is 0 Å². The van der Waals surface area contributed by atoms with E-state index in [2.05, 4.69) is 9.88 Å². The summed E-state index contributed by atoms with van der Waals surface area (Å²) in [5.74, 6) is 0.113. The maximum Gasteiger partial charge on any atom is 0.219 e. The Morgan fingerprint density at radius 3 is 2.83 bits per heavy atom. The molecule has 0 amide bonds. The van der Waals surface area contributed by atoms with Crippen LogP contribution >= 0.6 is 23.2 Å². The molecule has 9 heteroatoms. The summed E-state index contributed by atoms with van der Waals surface area (Å²) in [6.07, 6.45) is 0.702.